The zero-order valence-corrected chi connectivity index (χ0v) is 18.6. The average molecular weight is 435 g/mol. The van der Waals surface area contributed by atoms with Gasteiger partial charge in [0.2, 0.25) is 11.8 Å². The number of H-pyrrole nitrogens is 1. The average Bonchev–Trinajstić information content (AvgIpc) is 3.64. The number of carbonyl (C=O) groups excluding carboxylic acids is 2. The van der Waals surface area contributed by atoms with Crippen molar-refractivity contribution in [2.75, 3.05) is 13.1 Å². The van der Waals surface area contributed by atoms with Gasteiger partial charge in [0, 0.05) is 25.4 Å². The minimum atomic E-state index is -0.204. The highest BCUT2D eigenvalue weighted by Gasteiger charge is 2.36. The maximum absolute atomic E-state index is 13.2. The predicted octanol–water partition coefficient (Wildman–Crippen LogP) is 2.67. The molecule has 0 unspecified atom stereocenters. The van der Waals surface area contributed by atoms with E-state index in [1.165, 1.54) is 0 Å². The molecule has 0 spiro atoms. The highest BCUT2D eigenvalue weighted by molar-refractivity contribution is 5.81. The van der Waals surface area contributed by atoms with Crippen LogP contribution in [0.3, 0.4) is 0 Å². The van der Waals surface area contributed by atoms with Crippen molar-refractivity contribution in [2.24, 2.45) is 5.92 Å². The summed E-state index contributed by atoms with van der Waals surface area (Å²) in [7, 11) is 0. The van der Waals surface area contributed by atoms with E-state index in [-0.39, 0.29) is 29.3 Å². The number of aromatic amines is 1. The van der Waals surface area contributed by atoms with Gasteiger partial charge in [-0.05, 0) is 44.6 Å². The molecule has 5 rings (SSSR count). The maximum Gasteiger partial charge on any atom is 0.256 e. The van der Waals surface area contributed by atoms with E-state index < -0.39 is 0 Å². The number of rotatable bonds is 4. The number of benzene rings is 1. The first-order valence-electron chi connectivity index (χ1n) is 11.8. The van der Waals surface area contributed by atoms with E-state index in [1.807, 2.05) is 36.1 Å². The van der Waals surface area contributed by atoms with Crippen molar-refractivity contribution in [3.63, 3.8) is 0 Å². The van der Waals surface area contributed by atoms with E-state index in [2.05, 4.69) is 4.98 Å². The van der Waals surface area contributed by atoms with E-state index in [4.69, 9.17) is 4.98 Å². The van der Waals surface area contributed by atoms with Gasteiger partial charge in [0.05, 0.1) is 30.3 Å². The Bertz CT molecular complexity index is 1100. The summed E-state index contributed by atoms with van der Waals surface area (Å²) in [5.41, 5.74) is 3.35. The van der Waals surface area contributed by atoms with Crippen molar-refractivity contribution in [3.8, 4) is 0 Å². The van der Waals surface area contributed by atoms with Crippen LogP contribution in [0, 0.1) is 12.8 Å². The molecule has 1 saturated carbocycles. The highest BCUT2D eigenvalue weighted by atomic mass is 16.2. The summed E-state index contributed by atoms with van der Waals surface area (Å²) in [4.78, 5) is 50.0. The number of fused-ring (bicyclic) bond motifs is 1. The van der Waals surface area contributed by atoms with E-state index in [1.54, 1.807) is 4.90 Å². The standard InChI is InChI=1S/C25H30N4O3/c1-16-5-4-6-17(13-16)14-22(30)29-11-3-2-7-21(29)23-26-20-10-12-28(25(32)18-8-9-18)15-19(20)24(31)27-23/h4-6,13,18,21H,2-3,7-12,14-15H2,1H3,(H,26,27,31)/t21-/m1/s1. The minimum absolute atomic E-state index is 0.0712. The van der Waals surface area contributed by atoms with Crippen molar-refractivity contribution in [1.82, 2.24) is 19.8 Å². The fourth-order valence-electron chi connectivity index (χ4n) is 4.99. The van der Waals surface area contributed by atoms with Crippen molar-refractivity contribution in [1.29, 1.82) is 0 Å². The van der Waals surface area contributed by atoms with Gasteiger partial charge in [-0.2, -0.15) is 0 Å². The molecule has 0 radical (unpaired) electrons. The van der Waals surface area contributed by atoms with Crippen LogP contribution in [0.25, 0.3) is 0 Å². The molecule has 2 amide bonds. The Morgan fingerprint density at radius 2 is 2.00 bits per heavy atom. The molecular weight excluding hydrogens is 404 g/mol. The monoisotopic (exact) mass is 434 g/mol. The Labute approximate surface area is 187 Å². The largest absolute Gasteiger partial charge is 0.337 e. The molecule has 7 nitrogen and oxygen atoms in total. The second kappa shape index (κ2) is 8.52. The number of carbonyl (C=O) groups is 2. The molecule has 168 valence electrons. The number of likely N-dealkylation sites (tertiary alicyclic amines) is 1. The van der Waals surface area contributed by atoms with Gasteiger partial charge in [0.1, 0.15) is 5.82 Å². The van der Waals surface area contributed by atoms with Crippen molar-refractivity contribution in [3.05, 3.63) is 62.8 Å². The molecule has 2 aliphatic heterocycles. The normalized spacial score (nSPS) is 20.7. The Morgan fingerprint density at radius 3 is 2.78 bits per heavy atom. The fraction of sp³-hybridized carbons (Fsp3) is 0.520. The molecular formula is C25H30N4O3. The third-order valence-corrected chi connectivity index (χ3v) is 6.90. The van der Waals surface area contributed by atoms with Crippen molar-refractivity contribution >= 4 is 11.8 Å². The number of hydrogen-bond acceptors (Lipinski definition) is 4. The SMILES string of the molecule is Cc1cccc(CC(=O)N2CCCC[C@@H]2c2nc3c(c(=O)[nH]2)CN(C(=O)C2CC2)CC3)c1. The van der Waals surface area contributed by atoms with Gasteiger partial charge < -0.3 is 14.8 Å². The molecule has 2 fully saturated rings. The van der Waals surface area contributed by atoms with E-state index in [0.717, 1.165) is 48.9 Å². The number of amides is 2. The summed E-state index contributed by atoms with van der Waals surface area (Å²) in [6.07, 6.45) is 5.63. The molecule has 3 aliphatic rings. The number of aromatic nitrogens is 2. The van der Waals surface area contributed by atoms with Crippen LogP contribution < -0.4 is 5.56 Å². The summed E-state index contributed by atoms with van der Waals surface area (Å²) in [6.45, 7) is 3.66. The zero-order valence-electron chi connectivity index (χ0n) is 18.6. The van der Waals surface area contributed by atoms with E-state index >= 15 is 0 Å². The van der Waals surface area contributed by atoms with Gasteiger partial charge in [-0.3, -0.25) is 14.4 Å². The molecule has 1 aromatic heterocycles. The Balaban J connectivity index is 1.37. The first-order chi connectivity index (χ1) is 15.5. The number of nitrogens with zero attached hydrogens (tertiary/aromatic N) is 3. The number of aryl methyl sites for hydroxylation is 1. The smallest absolute Gasteiger partial charge is 0.256 e. The predicted molar refractivity (Wildman–Crippen MR) is 120 cm³/mol. The Kier molecular flexibility index (Phi) is 5.57. The lowest BCUT2D eigenvalue weighted by atomic mass is 9.99. The van der Waals surface area contributed by atoms with Gasteiger partial charge in [0.25, 0.3) is 5.56 Å². The van der Waals surface area contributed by atoms with Crippen LogP contribution >= 0.6 is 0 Å². The molecule has 3 heterocycles. The minimum Gasteiger partial charge on any atom is -0.337 e. The van der Waals surface area contributed by atoms with Gasteiger partial charge in [-0.1, -0.05) is 29.8 Å². The molecule has 2 aromatic rings. The second-order valence-corrected chi connectivity index (χ2v) is 9.43. The molecule has 1 aromatic carbocycles. The van der Waals surface area contributed by atoms with Gasteiger partial charge in [-0.25, -0.2) is 4.98 Å². The van der Waals surface area contributed by atoms with Crippen LogP contribution in [0.5, 0.6) is 0 Å². The van der Waals surface area contributed by atoms with Crippen LogP contribution in [0.4, 0.5) is 0 Å². The lowest BCUT2D eigenvalue weighted by molar-refractivity contribution is -0.135. The van der Waals surface area contributed by atoms with Crippen LogP contribution in [-0.2, 0) is 29.0 Å². The fourth-order valence-corrected chi connectivity index (χ4v) is 4.99. The molecule has 1 aliphatic carbocycles. The molecule has 7 heteroatoms. The summed E-state index contributed by atoms with van der Waals surface area (Å²) >= 11 is 0. The topological polar surface area (TPSA) is 86.4 Å². The lowest BCUT2D eigenvalue weighted by Crippen LogP contribution is -2.43. The number of hydrogen-bond donors (Lipinski definition) is 1. The zero-order chi connectivity index (χ0) is 22.2. The summed E-state index contributed by atoms with van der Waals surface area (Å²) in [5.74, 6) is 0.979. The second-order valence-electron chi connectivity index (χ2n) is 9.43. The van der Waals surface area contributed by atoms with Crippen LogP contribution in [0.2, 0.25) is 0 Å². The first kappa shape index (κ1) is 20.9. The maximum atomic E-state index is 13.2. The number of nitrogens with one attached hydrogen (secondary N) is 1. The molecule has 1 N–H and O–H groups in total. The van der Waals surface area contributed by atoms with Gasteiger partial charge >= 0.3 is 0 Å². The van der Waals surface area contributed by atoms with Crippen molar-refractivity contribution < 1.29 is 9.59 Å². The third kappa shape index (κ3) is 4.20. The van der Waals surface area contributed by atoms with E-state index in [0.29, 0.717) is 43.9 Å². The van der Waals surface area contributed by atoms with Gasteiger partial charge in [-0.15, -0.1) is 0 Å². The first-order valence-corrected chi connectivity index (χ1v) is 11.8. The Hall–Kier alpha value is -2.96. The van der Waals surface area contributed by atoms with Gasteiger partial charge in [0.15, 0.2) is 0 Å². The number of piperidine rings is 1. The molecule has 0 bridgehead atoms. The quantitative estimate of drug-likeness (QED) is 0.802. The van der Waals surface area contributed by atoms with Crippen molar-refractivity contribution in [2.45, 2.75) is 64.5 Å². The molecule has 1 saturated heterocycles. The molecule has 32 heavy (non-hydrogen) atoms. The van der Waals surface area contributed by atoms with Crippen LogP contribution in [0.1, 0.15) is 66.4 Å². The van der Waals surface area contributed by atoms with E-state index in [9.17, 15) is 14.4 Å². The lowest BCUT2D eigenvalue weighted by Gasteiger charge is -2.36. The third-order valence-electron chi connectivity index (χ3n) is 6.90. The summed E-state index contributed by atoms with van der Waals surface area (Å²) in [6, 6.07) is 7.83. The summed E-state index contributed by atoms with van der Waals surface area (Å²) in [5, 5.41) is 0. The van der Waals surface area contributed by atoms with Crippen LogP contribution in [0.15, 0.2) is 29.1 Å². The summed E-state index contributed by atoms with van der Waals surface area (Å²) < 4.78 is 0. The van der Waals surface area contributed by atoms with Crippen LogP contribution in [-0.4, -0.2) is 44.7 Å². The molecule has 1 atom stereocenters. The highest BCUT2D eigenvalue weighted by Crippen LogP contribution is 2.33. The Morgan fingerprint density at radius 1 is 1.16 bits per heavy atom.